The largest absolute Gasteiger partial charge is 0.422 e. The number of halogens is 1. The van der Waals surface area contributed by atoms with Gasteiger partial charge in [-0.25, -0.2) is 23.2 Å². The van der Waals surface area contributed by atoms with Gasteiger partial charge >= 0.3 is 5.97 Å². The van der Waals surface area contributed by atoms with Crippen LogP contribution in [0.1, 0.15) is 36.3 Å². The van der Waals surface area contributed by atoms with Crippen LogP contribution in [0.2, 0.25) is 5.02 Å². The lowest BCUT2D eigenvalue weighted by Gasteiger charge is -2.07. The van der Waals surface area contributed by atoms with Crippen LogP contribution in [0.25, 0.3) is 0 Å². The smallest absolute Gasteiger partial charge is 0.364 e. The number of nitrogens with zero attached hydrogens (tertiary/aromatic N) is 2. The molecular weight excluding hydrogens is 352 g/mol. The minimum Gasteiger partial charge on any atom is -0.422 e. The first kappa shape index (κ1) is 18.4. The standard InChI is InChI=1S/C16H17ClN2O4S/c1-3-9-24(21,22)16-18-10-13(17)14(19-16)15(20)23-12-7-5-11(4-2)6-8-12/h5-8,10H,3-4,9H2,1-2H3. The monoisotopic (exact) mass is 368 g/mol. The summed E-state index contributed by atoms with van der Waals surface area (Å²) in [7, 11) is -3.65. The molecule has 0 unspecified atom stereocenters. The van der Waals surface area contributed by atoms with Crippen LogP contribution in [0.5, 0.6) is 5.75 Å². The summed E-state index contributed by atoms with van der Waals surface area (Å²) in [4.78, 5) is 19.7. The molecule has 1 heterocycles. The maximum Gasteiger partial charge on any atom is 0.364 e. The van der Waals surface area contributed by atoms with Crippen molar-refractivity contribution in [3.8, 4) is 5.75 Å². The van der Waals surface area contributed by atoms with Gasteiger partial charge in [-0.3, -0.25) is 0 Å². The quantitative estimate of drug-likeness (QED) is 0.442. The average molecular weight is 369 g/mol. The van der Waals surface area contributed by atoms with Gasteiger partial charge in [-0.2, -0.15) is 0 Å². The number of benzene rings is 1. The van der Waals surface area contributed by atoms with E-state index in [1.807, 2.05) is 19.1 Å². The molecule has 0 fully saturated rings. The molecule has 1 aromatic carbocycles. The second-order valence-corrected chi connectivity index (χ2v) is 7.47. The van der Waals surface area contributed by atoms with Gasteiger partial charge in [0.25, 0.3) is 0 Å². The van der Waals surface area contributed by atoms with Crippen LogP contribution in [0.3, 0.4) is 0 Å². The number of ether oxygens (including phenoxy) is 1. The maximum absolute atomic E-state index is 12.2. The number of aryl methyl sites for hydroxylation is 1. The first-order valence-electron chi connectivity index (χ1n) is 7.43. The van der Waals surface area contributed by atoms with Crippen LogP contribution < -0.4 is 4.74 Å². The van der Waals surface area contributed by atoms with Crippen molar-refractivity contribution in [2.45, 2.75) is 31.8 Å². The number of aromatic nitrogens is 2. The Balaban J connectivity index is 2.28. The lowest BCUT2D eigenvalue weighted by atomic mass is 10.2. The van der Waals surface area contributed by atoms with Gasteiger partial charge in [-0.15, -0.1) is 0 Å². The van der Waals surface area contributed by atoms with Gasteiger partial charge in [0.1, 0.15) is 5.75 Å². The number of carbonyl (C=O) groups excluding carboxylic acids is 1. The minimum absolute atomic E-state index is 0.0689. The minimum atomic E-state index is -3.65. The summed E-state index contributed by atoms with van der Waals surface area (Å²) in [6.07, 6.45) is 2.37. The number of hydrogen-bond acceptors (Lipinski definition) is 6. The molecule has 0 amide bonds. The van der Waals surface area contributed by atoms with Gasteiger partial charge in [0.2, 0.25) is 15.0 Å². The first-order chi connectivity index (χ1) is 11.4. The molecular formula is C16H17ClN2O4S. The summed E-state index contributed by atoms with van der Waals surface area (Å²) < 4.78 is 29.3. The average Bonchev–Trinajstić information content (AvgIpc) is 2.55. The van der Waals surface area contributed by atoms with E-state index in [0.29, 0.717) is 12.2 Å². The second-order valence-electron chi connectivity index (χ2n) is 5.06. The van der Waals surface area contributed by atoms with Gasteiger partial charge < -0.3 is 4.74 Å². The normalized spacial score (nSPS) is 11.3. The van der Waals surface area contributed by atoms with Crippen molar-refractivity contribution in [3.05, 3.63) is 46.7 Å². The van der Waals surface area contributed by atoms with Crippen molar-refractivity contribution < 1.29 is 17.9 Å². The zero-order chi connectivity index (χ0) is 17.7. The predicted molar refractivity (Wildman–Crippen MR) is 90.2 cm³/mol. The highest BCUT2D eigenvalue weighted by atomic mass is 35.5. The number of carbonyl (C=O) groups is 1. The van der Waals surface area contributed by atoms with E-state index in [4.69, 9.17) is 16.3 Å². The Morgan fingerprint density at radius 1 is 1.21 bits per heavy atom. The van der Waals surface area contributed by atoms with Crippen LogP contribution in [0.15, 0.2) is 35.6 Å². The Kier molecular flexibility index (Phi) is 5.90. The third-order valence-electron chi connectivity index (χ3n) is 3.21. The van der Waals surface area contributed by atoms with Crippen molar-refractivity contribution in [3.63, 3.8) is 0 Å². The molecule has 0 aliphatic carbocycles. The first-order valence-corrected chi connectivity index (χ1v) is 9.46. The van der Waals surface area contributed by atoms with E-state index in [1.54, 1.807) is 19.1 Å². The molecule has 0 spiro atoms. The van der Waals surface area contributed by atoms with Crippen molar-refractivity contribution >= 4 is 27.4 Å². The Morgan fingerprint density at radius 2 is 1.88 bits per heavy atom. The van der Waals surface area contributed by atoms with E-state index in [-0.39, 0.29) is 16.5 Å². The van der Waals surface area contributed by atoms with Crippen LogP contribution in [-0.4, -0.2) is 30.1 Å². The van der Waals surface area contributed by atoms with E-state index in [9.17, 15) is 13.2 Å². The molecule has 1 aromatic heterocycles. The van der Waals surface area contributed by atoms with Crippen LogP contribution in [0.4, 0.5) is 0 Å². The maximum atomic E-state index is 12.2. The summed E-state index contributed by atoms with van der Waals surface area (Å²) in [6.45, 7) is 3.74. The molecule has 2 aromatic rings. The van der Waals surface area contributed by atoms with Crippen molar-refractivity contribution in [2.75, 3.05) is 5.75 Å². The van der Waals surface area contributed by atoms with Crippen LogP contribution in [-0.2, 0) is 16.3 Å². The lowest BCUT2D eigenvalue weighted by Crippen LogP contribution is -2.17. The lowest BCUT2D eigenvalue weighted by molar-refractivity contribution is 0.0727. The van der Waals surface area contributed by atoms with Gasteiger partial charge in [0, 0.05) is 0 Å². The summed E-state index contributed by atoms with van der Waals surface area (Å²) in [5.41, 5.74) is 0.823. The molecule has 24 heavy (non-hydrogen) atoms. The molecule has 0 aliphatic rings. The van der Waals surface area contributed by atoms with Crippen molar-refractivity contribution in [2.24, 2.45) is 0 Å². The Labute approximate surface area is 145 Å². The van der Waals surface area contributed by atoms with Crippen LogP contribution in [0, 0.1) is 0 Å². The summed E-state index contributed by atoms with van der Waals surface area (Å²) in [6, 6.07) is 6.98. The van der Waals surface area contributed by atoms with Crippen molar-refractivity contribution in [1.82, 2.24) is 9.97 Å². The Morgan fingerprint density at radius 3 is 2.46 bits per heavy atom. The Hall–Kier alpha value is -1.99. The van der Waals surface area contributed by atoms with Gasteiger partial charge in [-0.05, 0) is 30.5 Å². The molecule has 8 heteroatoms. The molecule has 128 valence electrons. The highest BCUT2D eigenvalue weighted by Gasteiger charge is 2.22. The molecule has 0 N–H and O–H groups in total. The molecule has 0 bridgehead atoms. The summed E-state index contributed by atoms with van der Waals surface area (Å²) in [5, 5.41) is -0.498. The van der Waals surface area contributed by atoms with E-state index in [1.165, 1.54) is 0 Å². The van der Waals surface area contributed by atoms with E-state index >= 15 is 0 Å². The number of hydrogen-bond donors (Lipinski definition) is 0. The van der Waals surface area contributed by atoms with Crippen molar-refractivity contribution in [1.29, 1.82) is 0 Å². The number of sulfone groups is 1. The number of esters is 1. The highest BCUT2D eigenvalue weighted by molar-refractivity contribution is 7.91. The highest BCUT2D eigenvalue weighted by Crippen LogP contribution is 2.19. The number of rotatable bonds is 6. The topological polar surface area (TPSA) is 86.2 Å². The molecule has 2 rings (SSSR count). The summed E-state index contributed by atoms with van der Waals surface area (Å²) >= 11 is 5.91. The third-order valence-corrected chi connectivity index (χ3v) is 5.18. The van der Waals surface area contributed by atoms with E-state index in [0.717, 1.165) is 18.2 Å². The molecule has 0 saturated carbocycles. The predicted octanol–water partition coefficient (Wildman–Crippen LogP) is 3.10. The van der Waals surface area contributed by atoms with E-state index < -0.39 is 21.0 Å². The Bertz CT molecular complexity index is 836. The van der Waals surface area contributed by atoms with Gasteiger partial charge in [-0.1, -0.05) is 37.6 Å². The fourth-order valence-electron chi connectivity index (χ4n) is 1.95. The zero-order valence-electron chi connectivity index (χ0n) is 13.3. The third kappa shape index (κ3) is 4.30. The fraction of sp³-hybridized carbons (Fsp3) is 0.312. The fourth-order valence-corrected chi connectivity index (χ4v) is 3.28. The molecule has 0 saturated heterocycles. The molecule has 0 radical (unpaired) electrons. The van der Waals surface area contributed by atoms with Gasteiger partial charge in [0.05, 0.1) is 17.0 Å². The zero-order valence-corrected chi connectivity index (χ0v) is 14.9. The van der Waals surface area contributed by atoms with Gasteiger partial charge in [0.15, 0.2) is 5.69 Å². The molecule has 6 nitrogen and oxygen atoms in total. The SMILES string of the molecule is CCCS(=O)(=O)c1ncc(Cl)c(C(=O)Oc2ccc(CC)cc2)n1. The second kappa shape index (κ2) is 7.72. The summed E-state index contributed by atoms with van der Waals surface area (Å²) in [5.74, 6) is -0.619. The van der Waals surface area contributed by atoms with E-state index in [2.05, 4.69) is 9.97 Å². The van der Waals surface area contributed by atoms with Crippen LogP contribution >= 0.6 is 11.6 Å². The molecule has 0 atom stereocenters. The molecule has 0 aliphatic heterocycles.